The molecule has 0 aromatic heterocycles. The Bertz CT molecular complexity index is 1400. The summed E-state index contributed by atoms with van der Waals surface area (Å²) in [5.41, 5.74) is 3.84. The highest BCUT2D eigenvalue weighted by molar-refractivity contribution is 6.08. The molecule has 1 saturated carbocycles. The molecule has 1 aliphatic heterocycles. The van der Waals surface area contributed by atoms with E-state index in [1.54, 1.807) is 24.0 Å². The van der Waals surface area contributed by atoms with Crippen molar-refractivity contribution < 1.29 is 29.4 Å². The van der Waals surface area contributed by atoms with Crippen molar-refractivity contribution in [2.45, 2.75) is 39.0 Å². The summed E-state index contributed by atoms with van der Waals surface area (Å²) < 4.78 is 0. The molecule has 5 rings (SSSR count). The van der Waals surface area contributed by atoms with Crippen LogP contribution in [0.3, 0.4) is 0 Å². The highest BCUT2D eigenvalue weighted by Crippen LogP contribution is 2.30. The Balaban J connectivity index is 0.000000240. The summed E-state index contributed by atoms with van der Waals surface area (Å²) in [7, 11) is 0. The second-order valence-corrected chi connectivity index (χ2v) is 9.94. The maximum atomic E-state index is 13.0. The SMILES string of the molecule is Cc1ccc(C(=O)O)cc1C(=O)O.O=C(Nc1ccc(C(=O)N2CCNc3ccccc32)cc1)C1CCCCC1. The summed E-state index contributed by atoms with van der Waals surface area (Å²) in [6.07, 6.45) is 5.46. The van der Waals surface area contributed by atoms with Gasteiger partial charge in [-0.15, -0.1) is 0 Å². The number of aryl methyl sites for hydroxylation is 1. The first-order chi connectivity index (χ1) is 19.2. The molecular formula is C31H33N3O6. The van der Waals surface area contributed by atoms with Gasteiger partial charge in [-0.05, 0) is 73.9 Å². The van der Waals surface area contributed by atoms with Crippen molar-refractivity contribution in [3.63, 3.8) is 0 Å². The number of hydrogen-bond acceptors (Lipinski definition) is 5. The monoisotopic (exact) mass is 543 g/mol. The fourth-order valence-electron chi connectivity index (χ4n) is 4.94. The molecule has 9 nitrogen and oxygen atoms in total. The van der Waals surface area contributed by atoms with Crippen LogP contribution in [-0.4, -0.2) is 47.1 Å². The molecule has 9 heteroatoms. The van der Waals surface area contributed by atoms with Crippen LogP contribution in [0.15, 0.2) is 66.7 Å². The van der Waals surface area contributed by atoms with E-state index in [0.717, 1.165) is 55.4 Å². The minimum Gasteiger partial charge on any atom is -0.478 e. The van der Waals surface area contributed by atoms with E-state index in [4.69, 9.17) is 10.2 Å². The minimum atomic E-state index is -1.12. The van der Waals surface area contributed by atoms with Crippen LogP contribution in [0.25, 0.3) is 0 Å². The molecule has 1 heterocycles. The number of carboxylic acids is 2. The number of nitrogens with one attached hydrogen (secondary N) is 2. The fraction of sp³-hybridized carbons (Fsp3) is 0.290. The van der Waals surface area contributed by atoms with Gasteiger partial charge in [0.15, 0.2) is 0 Å². The number of rotatable bonds is 5. The van der Waals surface area contributed by atoms with Crippen molar-refractivity contribution >= 4 is 40.8 Å². The molecule has 0 spiro atoms. The molecule has 0 saturated heterocycles. The molecule has 1 fully saturated rings. The van der Waals surface area contributed by atoms with E-state index in [1.165, 1.54) is 18.6 Å². The third kappa shape index (κ3) is 6.85. The van der Waals surface area contributed by atoms with E-state index in [0.29, 0.717) is 17.7 Å². The molecule has 0 atom stereocenters. The predicted octanol–water partition coefficient (Wildman–Crippen LogP) is 5.67. The van der Waals surface area contributed by atoms with Crippen LogP contribution in [0.1, 0.15) is 68.7 Å². The van der Waals surface area contributed by atoms with Gasteiger partial charge in [-0.25, -0.2) is 9.59 Å². The standard InChI is InChI=1S/C22H25N3O2.C9H8O4/c26-21(16-6-2-1-3-7-16)24-18-12-10-17(11-13-18)22(27)25-15-14-23-19-8-4-5-9-20(19)25;1-5-2-3-6(8(10)11)4-7(5)9(12)13/h4-5,8-13,16,23H,1-3,6-7,14-15H2,(H,24,26);2-4H,1H3,(H,10,11)(H,12,13). The van der Waals surface area contributed by atoms with Crippen molar-refractivity contribution in [3.05, 3.63) is 89.0 Å². The maximum absolute atomic E-state index is 13.0. The summed E-state index contributed by atoms with van der Waals surface area (Å²) in [6.45, 7) is 2.99. The van der Waals surface area contributed by atoms with Crippen LogP contribution >= 0.6 is 0 Å². The molecule has 4 N–H and O–H groups in total. The lowest BCUT2D eigenvalue weighted by molar-refractivity contribution is -0.120. The average molecular weight is 544 g/mol. The molecule has 40 heavy (non-hydrogen) atoms. The lowest BCUT2D eigenvalue weighted by Crippen LogP contribution is -2.38. The Hall–Kier alpha value is -4.66. The van der Waals surface area contributed by atoms with Gasteiger partial charge in [0, 0.05) is 30.3 Å². The molecular weight excluding hydrogens is 510 g/mol. The molecule has 2 amide bonds. The molecule has 2 aliphatic rings. The lowest BCUT2D eigenvalue weighted by atomic mass is 9.88. The van der Waals surface area contributed by atoms with Gasteiger partial charge in [-0.2, -0.15) is 0 Å². The zero-order valence-electron chi connectivity index (χ0n) is 22.4. The van der Waals surface area contributed by atoms with E-state index in [-0.39, 0.29) is 28.9 Å². The van der Waals surface area contributed by atoms with E-state index in [2.05, 4.69) is 10.6 Å². The number of hydrogen-bond donors (Lipinski definition) is 4. The highest BCUT2D eigenvalue weighted by Gasteiger charge is 2.24. The Labute approximate surface area is 232 Å². The number of para-hydroxylation sites is 2. The molecule has 3 aromatic rings. The molecule has 3 aromatic carbocycles. The third-order valence-corrected chi connectivity index (χ3v) is 7.18. The second kappa shape index (κ2) is 12.9. The summed E-state index contributed by atoms with van der Waals surface area (Å²) in [6, 6.07) is 19.1. The summed E-state index contributed by atoms with van der Waals surface area (Å²) in [4.78, 5) is 48.2. The summed E-state index contributed by atoms with van der Waals surface area (Å²) in [5, 5.41) is 23.6. The van der Waals surface area contributed by atoms with Crippen molar-refractivity contribution in [1.29, 1.82) is 0 Å². The van der Waals surface area contributed by atoms with E-state index in [1.807, 2.05) is 36.4 Å². The number of anilines is 3. The van der Waals surface area contributed by atoms with Crippen LogP contribution in [0.4, 0.5) is 17.1 Å². The number of carboxylic acid groups (broad SMARTS) is 2. The molecule has 208 valence electrons. The molecule has 0 unspecified atom stereocenters. The second-order valence-electron chi connectivity index (χ2n) is 9.94. The van der Waals surface area contributed by atoms with Gasteiger partial charge in [-0.3, -0.25) is 9.59 Å². The largest absolute Gasteiger partial charge is 0.478 e. The Morgan fingerprint density at radius 2 is 1.52 bits per heavy atom. The van der Waals surface area contributed by atoms with Crippen molar-refractivity contribution in [3.8, 4) is 0 Å². The van der Waals surface area contributed by atoms with Gasteiger partial charge < -0.3 is 25.7 Å². The number of fused-ring (bicyclic) bond motifs is 1. The third-order valence-electron chi connectivity index (χ3n) is 7.18. The smallest absolute Gasteiger partial charge is 0.335 e. The van der Waals surface area contributed by atoms with Crippen molar-refractivity contribution in [2.75, 3.05) is 28.6 Å². The molecule has 1 aliphatic carbocycles. The lowest BCUT2D eigenvalue weighted by Gasteiger charge is -2.30. The number of nitrogens with zero attached hydrogens (tertiary/aromatic N) is 1. The van der Waals surface area contributed by atoms with Crippen LogP contribution in [0.2, 0.25) is 0 Å². The van der Waals surface area contributed by atoms with Gasteiger partial charge in [0.25, 0.3) is 5.91 Å². The van der Waals surface area contributed by atoms with Gasteiger partial charge in [0.05, 0.1) is 22.5 Å². The minimum absolute atomic E-state index is 0.0111. The van der Waals surface area contributed by atoms with Crippen molar-refractivity contribution in [2.24, 2.45) is 5.92 Å². The Morgan fingerprint density at radius 3 is 2.20 bits per heavy atom. The highest BCUT2D eigenvalue weighted by atomic mass is 16.4. The average Bonchev–Trinajstić information content (AvgIpc) is 2.97. The quantitative estimate of drug-likeness (QED) is 0.326. The van der Waals surface area contributed by atoms with Crippen LogP contribution in [0.5, 0.6) is 0 Å². The summed E-state index contributed by atoms with van der Waals surface area (Å²) >= 11 is 0. The van der Waals surface area contributed by atoms with Gasteiger partial charge in [-0.1, -0.05) is 37.5 Å². The fourth-order valence-corrected chi connectivity index (χ4v) is 4.94. The Kier molecular flexibility index (Phi) is 9.16. The normalized spacial score (nSPS) is 14.6. The first-order valence-electron chi connectivity index (χ1n) is 13.4. The van der Waals surface area contributed by atoms with E-state index >= 15 is 0 Å². The predicted molar refractivity (Wildman–Crippen MR) is 153 cm³/mol. The van der Waals surface area contributed by atoms with Gasteiger partial charge >= 0.3 is 11.9 Å². The van der Waals surface area contributed by atoms with Crippen LogP contribution in [-0.2, 0) is 4.79 Å². The number of aromatic carboxylic acids is 2. The van der Waals surface area contributed by atoms with Crippen molar-refractivity contribution in [1.82, 2.24) is 0 Å². The number of carbonyl (C=O) groups is 4. The van der Waals surface area contributed by atoms with Crippen LogP contribution < -0.4 is 15.5 Å². The number of carbonyl (C=O) groups excluding carboxylic acids is 2. The van der Waals surface area contributed by atoms with Gasteiger partial charge in [0.2, 0.25) is 5.91 Å². The maximum Gasteiger partial charge on any atom is 0.335 e. The first-order valence-corrected chi connectivity index (χ1v) is 13.4. The number of amides is 2. The first kappa shape index (κ1) is 28.4. The molecule has 0 radical (unpaired) electrons. The molecule has 0 bridgehead atoms. The Morgan fingerprint density at radius 1 is 0.850 bits per heavy atom. The van der Waals surface area contributed by atoms with Crippen LogP contribution in [0, 0.1) is 12.8 Å². The summed E-state index contributed by atoms with van der Waals surface area (Å²) in [5.74, 6) is -2.03. The van der Waals surface area contributed by atoms with E-state index < -0.39 is 11.9 Å². The zero-order chi connectivity index (χ0) is 28.6. The zero-order valence-corrected chi connectivity index (χ0v) is 22.4. The van der Waals surface area contributed by atoms with E-state index in [9.17, 15) is 19.2 Å². The topological polar surface area (TPSA) is 136 Å². The van der Waals surface area contributed by atoms with Gasteiger partial charge in [0.1, 0.15) is 0 Å². The number of benzene rings is 3.